The van der Waals surface area contributed by atoms with E-state index in [1.54, 1.807) is 48.9 Å². The zero-order valence-corrected chi connectivity index (χ0v) is 12.0. The lowest BCUT2D eigenvalue weighted by atomic mass is 10.2. The molecule has 0 bridgehead atoms. The first-order chi connectivity index (χ1) is 11.3. The summed E-state index contributed by atoms with van der Waals surface area (Å²) < 4.78 is 0. The number of aromatic nitrogens is 3. The van der Waals surface area contributed by atoms with Crippen LogP contribution >= 0.6 is 0 Å². The van der Waals surface area contributed by atoms with Crippen molar-refractivity contribution >= 4 is 17.9 Å². The molecule has 1 N–H and O–H groups in total. The van der Waals surface area contributed by atoms with Crippen molar-refractivity contribution in [2.24, 2.45) is 0 Å². The number of aldehydes is 1. The molecule has 0 aliphatic heterocycles. The Kier molecular flexibility index (Phi) is 4.15. The monoisotopic (exact) mass is 304 g/mol. The molecule has 3 aromatic rings. The molecule has 0 aliphatic carbocycles. The predicted molar refractivity (Wildman–Crippen MR) is 85.0 cm³/mol. The molecule has 0 radical (unpaired) electrons. The number of anilines is 1. The Balaban J connectivity index is 1.80. The van der Waals surface area contributed by atoms with Crippen molar-refractivity contribution in [3.8, 4) is 11.3 Å². The standard InChI is InChI=1S/C17H12N4O2/c22-11-12-3-5-14(6-4-12)20-17(23)16-10-19-9-15(21-16)13-2-1-7-18-8-13/h1-11H,(H,20,23). The Morgan fingerprint density at radius 3 is 2.52 bits per heavy atom. The first-order valence-electron chi connectivity index (χ1n) is 6.85. The van der Waals surface area contributed by atoms with Gasteiger partial charge in [-0.3, -0.25) is 19.6 Å². The Bertz CT molecular complexity index is 833. The highest BCUT2D eigenvalue weighted by Crippen LogP contribution is 2.15. The molecular formula is C17H12N4O2. The normalized spacial score (nSPS) is 10.1. The molecule has 0 spiro atoms. The zero-order chi connectivity index (χ0) is 16.1. The fourth-order valence-corrected chi connectivity index (χ4v) is 1.97. The van der Waals surface area contributed by atoms with Crippen LogP contribution < -0.4 is 5.32 Å². The lowest BCUT2D eigenvalue weighted by Crippen LogP contribution is -2.14. The van der Waals surface area contributed by atoms with Crippen LogP contribution in [0.5, 0.6) is 0 Å². The third-order valence-corrected chi connectivity index (χ3v) is 3.13. The fourth-order valence-electron chi connectivity index (χ4n) is 1.97. The molecule has 0 saturated carbocycles. The lowest BCUT2D eigenvalue weighted by molar-refractivity contribution is 0.102. The van der Waals surface area contributed by atoms with E-state index < -0.39 is 0 Å². The third kappa shape index (κ3) is 3.44. The Morgan fingerprint density at radius 1 is 1.00 bits per heavy atom. The van der Waals surface area contributed by atoms with E-state index in [2.05, 4.69) is 20.3 Å². The van der Waals surface area contributed by atoms with Gasteiger partial charge in [0, 0.05) is 29.2 Å². The average Bonchev–Trinajstić information content (AvgIpc) is 2.63. The number of amides is 1. The van der Waals surface area contributed by atoms with Gasteiger partial charge in [-0.15, -0.1) is 0 Å². The first kappa shape index (κ1) is 14.5. The quantitative estimate of drug-likeness (QED) is 0.749. The molecule has 6 nitrogen and oxygen atoms in total. The number of nitrogens with zero attached hydrogens (tertiary/aromatic N) is 3. The summed E-state index contributed by atoms with van der Waals surface area (Å²) in [5, 5.41) is 2.72. The maximum Gasteiger partial charge on any atom is 0.275 e. The molecule has 6 heteroatoms. The van der Waals surface area contributed by atoms with E-state index in [4.69, 9.17) is 0 Å². The summed E-state index contributed by atoms with van der Waals surface area (Å²) in [6, 6.07) is 10.2. The maximum atomic E-state index is 12.3. The molecule has 1 aromatic carbocycles. The van der Waals surface area contributed by atoms with E-state index in [-0.39, 0.29) is 11.6 Å². The molecule has 2 aromatic heterocycles. The van der Waals surface area contributed by atoms with Crippen LogP contribution in [-0.4, -0.2) is 27.1 Å². The summed E-state index contributed by atoms with van der Waals surface area (Å²) in [5.41, 5.74) is 2.67. The number of carbonyl (C=O) groups is 2. The van der Waals surface area contributed by atoms with Gasteiger partial charge in [0.1, 0.15) is 12.0 Å². The van der Waals surface area contributed by atoms with Crippen LogP contribution in [0.15, 0.2) is 61.2 Å². The van der Waals surface area contributed by atoms with Crippen LogP contribution in [-0.2, 0) is 0 Å². The van der Waals surface area contributed by atoms with Gasteiger partial charge < -0.3 is 5.32 Å². The predicted octanol–water partition coefficient (Wildman–Crippen LogP) is 2.60. The van der Waals surface area contributed by atoms with Crippen molar-refractivity contribution in [2.45, 2.75) is 0 Å². The minimum Gasteiger partial charge on any atom is -0.321 e. The highest BCUT2D eigenvalue weighted by molar-refractivity contribution is 6.03. The van der Waals surface area contributed by atoms with Crippen LogP contribution in [0.1, 0.15) is 20.8 Å². The van der Waals surface area contributed by atoms with Gasteiger partial charge in [-0.2, -0.15) is 0 Å². The van der Waals surface area contributed by atoms with Crippen LogP contribution in [0.4, 0.5) is 5.69 Å². The molecule has 0 atom stereocenters. The van der Waals surface area contributed by atoms with Gasteiger partial charge in [0.2, 0.25) is 0 Å². The Labute approximate surface area is 132 Å². The van der Waals surface area contributed by atoms with Gasteiger partial charge in [0.25, 0.3) is 5.91 Å². The van der Waals surface area contributed by atoms with Crippen molar-refractivity contribution in [1.82, 2.24) is 15.0 Å². The topological polar surface area (TPSA) is 84.8 Å². The number of hydrogen-bond donors (Lipinski definition) is 1. The zero-order valence-electron chi connectivity index (χ0n) is 12.0. The minimum absolute atomic E-state index is 0.200. The number of pyridine rings is 1. The van der Waals surface area contributed by atoms with Gasteiger partial charge in [0.05, 0.1) is 18.1 Å². The molecule has 1 amide bonds. The van der Waals surface area contributed by atoms with Crippen molar-refractivity contribution in [2.75, 3.05) is 5.32 Å². The van der Waals surface area contributed by atoms with E-state index in [0.717, 1.165) is 11.8 Å². The summed E-state index contributed by atoms with van der Waals surface area (Å²) in [4.78, 5) is 35.3. The molecule has 0 aliphatic rings. The Hall–Kier alpha value is -3.41. The minimum atomic E-state index is -0.373. The summed E-state index contributed by atoms with van der Waals surface area (Å²) >= 11 is 0. The SMILES string of the molecule is O=Cc1ccc(NC(=O)c2cncc(-c3cccnc3)n2)cc1. The molecule has 23 heavy (non-hydrogen) atoms. The molecule has 2 heterocycles. The molecule has 112 valence electrons. The summed E-state index contributed by atoms with van der Waals surface area (Å²) in [7, 11) is 0. The second kappa shape index (κ2) is 6.57. The molecule has 3 rings (SSSR count). The molecular weight excluding hydrogens is 292 g/mol. The van der Waals surface area contributed by atoms with Gasteiger partial charge >= 0.3 is 0 Å². The molecule has 0 fully saturated rings. The van der Waals surface area contributed by atoms with Crippen molar-refractivity contribution in [3.63, 3.8) is 0 Å². The lowest BCUT2D eigenvalue weighted by Gasteiger charge is -2.06. The summed E-state index contributed by atoms with van der Waals surface area (Å²) in [6.45, 7) is 0. The second-order valence-electron chi connectivity index (χ2n) is 4.73. The maximum absolute atomic E-state index is 12.3. The number of hydrogen-bond acceptors (Lipinski definition) is 5. The number of benzene rings is 1. The van der Waals surface area contributed by atoms with Crippen LogP contribution in [0, 0.1) is 0 Å². The van der Waals surface area contributed by atoms with Crippen molar-refractivity contribution in [1.29, 1.82) is 0 Å². The Morgan fingerprint density at radius 2 is 1.83 bits per heavy atom. The van der Waals surface area contributed by atoms with E-state index >= 15 is 0 Å². The van der Waals surface area contributed by atoms with Gasteiger partial charge in [-0.25, -0.2) is 4.98 Å². The van der Waals surface area contributed by atoms with E-state index in [1.165, 1.54) is 6.20 Å². The third-order valence-electron chi connectivity index (χ3n) is 3.13. The average molecular weight is 304 g/mol. The van der Waals surface area contributed by atoms with Crippen molar-refractivity contribution in [3.05, 3.63) is 72.4 Å². The van der Waals surface area contributed by atoms with Gasteiger partial charge in [0.15, 0.2) is 0 Å². The highest BCUT2D eigenvalue weighted by Gasteiger charge is 2.10. The number of rotatable bonds is 4. The van der Waals surface area contributed by atoms with Gasteiger partial charge in [-0.05, 0) is 36.4 Å². The largest absolute Gasteiger partial charge is 0.321 e. The first-order valence-corrected chi connectivity index (χ1v) is 6.85. The van der Waals surface area contributed by atoms with E-state index in [0.29, 0.717) is 16.9 Å². The molecule has 0 saturated heterocycles. The molecule has 0 unspecified atom stereocenters. The second-order valence-corrected chi connectivity index (χ2v) is 4.73. The van der Waals surface area contributed by atoms with Crippen LogP contribution in [0.25, 0.3) is 11.3 Å². The van der Waals surface area contributed by atoms with Crippen LogP contribution in [0.2, 0.25) is 0 Å². The van der Waals surface area contributed by atoms with Crippen LogP contribution in [0.3, 0.4) is 0 Å². The van der Waals surface area contributed by atoms with Crippen molar-refractivity contribution < 1.29 is 9.59 Å². The summed E-state index contributed by atoms with van der Waals surface area (Å²) in [6.07, 6.45) is 7.04. The fraction of sp³-hybridized carbons (Fsp3) is 0. The summed E-state index contributed by atoms with van der Waals surface area (Å²) in [5.74, 6) is -0.373. The smallest absolute Gasteiger partial charge is 0.275 e. The van der Waals surface area contributed by atoms with E-state index in [1.807, 2.05) is 6.07 Å². The number of carbonyl (C=O) groups excluding carboxylic acids is 2. The van der Waals surface area contributed by atoms with E-state index in [9.17, 15) is 9.59 Å². The van der Waals surface area contributed by atoms with Gasteiger partial charge in [-0.1, -0.05) is 0 Å². The highest BCUT2D eigenvalue weighted by atomic mass is 16.1. The number of nitrogens with one attached hydrogen (secondary N) is 1.